The summed E-state index contributed by atoms with van der Waals surface area (Å²) in [6, 6.07) is 3.07. The molecule has 1 heterocycles. The zero-order valence-electron chi connectivity index (χ0n) is 12.9. The van der Waals surface area contributed by atoms with Crippen LogP contribution < -0.4 is 10.6 Å². The van der Waals surface area contributed by atoms with Crippen molar-refractivity contribution in [2.24, 2.45) is 5.92 Å². The molecule has 0 aliphatic heterocycles. The summed E-state index contributed by atoms with van der Waals surface area (Å²) in [5.74, 6) is -1.23. The van der Waals surface area contributed by atoms with Gasteiger partial charge in [0, 0.05) is 12.6 Å². The first kappa shape index (κ1) is 16.9. The van der Waals surface area contributed by atoms with Crippen molar-refractivity contribution in [2.75, 3.05) is 13.1 Å². The normalized spacial score (nSPS) is 14.8. The van der Waals surface area contributed by atoms with Gasteiger partial charge in [-0.1, -0.05) is 6.92 Å². The molecule has 1 atom stereocenters. The third-order valence-electron chi connectivity index (χ3n) is 3.60. The monoisotopic (exact) mass is 323 g/mol. The van der Waals surface area contributed by atoms with Crippen molar-refractivity contribution >= 4 is 17.9 Å². The number of rotatable bonds is 8. The van der Waals surface area contributed by atoms with Gasteiger partial charge in [0.1, 0.15) is 5.76 Å². The van der Waals surface area contributed by atoms with Gasteiger partial charge in [-0.25, -0.2) is 4.79 Å². The fourth-order valence-corrected chi connectivity index (χ4v) is 2.11. The summed E-state index contributed by atoms with van der Waals surface area (Å²) in [4.78, 5) is 36.3. The molecule has 1 unspecified atom stereocenters. The molecule has 1 aromatic rings. The Balaban J connectivity index is 1.75. The summed E-state index contributed by atoms with van der Waals surface area (Å²) in [5, 5.41) is 14.0. The zero-order chi connectivity index (χ0) is 16.8. The molecule has 0 bridgehead atoms. The lowest BCUT2D eigenvalue weighted by Gasteiger charge is -2.24. The van der Waals surface area contributed by atoms with Gasteiger partial charge in [-0.15, -0.1) is 0 Å². The van der Waals surface area contributed by atoms with Crippen LogP contribution in [0.15, 0.2) is 22.8 Å². The predicted octanol–water partition coefficient (Wildman–Crippen LogP) is 0.790. The van der Waals surface area contributed by atoms with Crippen LogP contribution in [0.3, 0.4) is 0 Å². The molecule has 126 valence electrons. The number of furan rings is 1. The fourth-order valence-electron chi connectivity index (χ4n) is 2.11. The van der Waals surface area contributed by atoms with E-state index in [1.165, 1.54) is 6.26 Å². The molecule has 1 aromatic heterocycles. The summed E-state index contributed by atoms with van der Waals surface area (Å²) >= 11 is 0. The number of hydrogen-bond donors (Lipinski definition) is 3. The molecule has 2 rings (SSSR count). The second-order valence-corrected chi connectivity index (χ2v) is 5.63. The fraction of sp³-hybridized carbons (Fsp3) is 0.533. The zero-order valence-corrected chi connectivity index (χ0v) is 12.9. The maximum atomic E-state index is 12.2. The van der Waals surface area contributed by atoms with E-state index in [0.717, 1.165) is 12.8 Å². The molecule has 8 heteroatoms. The van der Waals surface area contributed by atoms with Crippen molar-refractivity contribution in [3.8, 4) is 0 Å². The Morgan fingerprint density at radius 1 is 1.39 bits per heavy atom. The molecule has 1 aliphatic rings. The van der Waals surface area contributed by atoms with Crippen LogP contribution in [0, 0.1) is 5.92 Å². The summed E-state index contributed by atoms with van der Waals surface area (Å²) in [5.41, 5.74) is 0. The van der Waals surface area contributed by atoms with Gasteiger partial charge in [-0.3, -0.25) is 9.59 Å². The molecule has 3 N–H and O–H groups in total. The molecule has 23 heavy (non-hydrogen) atoms. The molecule has 1 fully saturated rings. The second kappa shape index (κ2) is 7.66. The van der Waals surface area contributed by atoms with Gasteiger partial charge < -0.3 is 25.1 Å². The highest BCUT2D eigenvalue weighted by atomic mass is 16.4. The van der Waals surface area contributed by atoms with E-state index in [-0.39, 0.29) is 31.6 Å². The minimum atomic E-state index is -0.937. The van der Waals surface area contributed by atoms with E-state index in [9.17, 15) is 14.4 Å². The number of urea groups is 1. The van der Waals surface area contributed by atoms with Crippen LogP contribution in [0.4, 0.5) is 4.79 Å². The summed E-state index contributed by atoms with van der Waals surface area (Å²) < 4.78 is 5.08. The average molecular weight is 323 g/mol. The predicted molar refractivity (Wildman–Crippen MR) is 80.5 cm³/mol. The Labute approximate surface area is 133 Å². The van der Waals surface area contributed by atoms with Gasteiger partial charge in [0.2, 0.25) is 5.91 Å². The van der Waals surface area contributed by atoms with Gasteiger partial charge >= 0.3 is 12.0 Å². The van der Waals surface area contributed by atoms with E-state index < -0.39 is 17.9 Å². The number of carboxylic acid groups (broad SMARTS) is 1. The van der Waals surface area contributed by atoms with E-state index in [0.29, 0.717) is 5.76 Å². The molecule has 1 saturated carbocycles. The largest absolute Gasteiger partial charge is 0.481 e. The van der Waals surface area contributed by atoms with Crippen LogP contribution in [0.25, 0.3) is 0 Å². The summed E-state index contributed by atoms with van der Waals surface area (Å²) in [6.07, 6.45) is 3.26. The number of amides is 3. The van der Waals surface area contributed by atoms with E-state index in [1.54, 1.807) is 24.0 Å². The van der Waals surface area contributed by atoms with Gasteiger partial charge in [-0.05, 0) is 25.0 Å². The molecule has 0 saturated heterocycles. The Bertz CT molecular complexity index is 553. The first-order valence-corrected chi connectivity index (χ1v) is 7.53. The first-order chi connectivity index (χ1) is 11.0. The van der Waals surface area contributed by atoms with Crippen LogP contribution in [0.1, 0.15) is 25.5 Å². The van der Waals surface area contributed by atoms with Gasteiger partial charge in [0.05, 0.1) is 25.3 Å². The molecule has 0 aromatic carbocycles. The van der Waals surface area contributed by atoms with E-state index in [2.05, 4.69) is 10.6 Å². The highest BCUT2D eigenvalue weighted by Gasteiger charge is 2.34. The number of carboxylic acids is 1. The Kier molecular flexibility index (Phi) is 5.61. The lowest BCUT2D eigenvalue weighted by atomic mass is 10.1. The highest BCUT2D eigenvalue weighted by molar-refractivity contribution is 5.84. The van der Waals surface area contributed by atoms with E-state index in [1.807, 2.05) is 0 Å². The van der Waals surface area contributed by atoms with Crippen LogP contribution >= 0.6 is 0 Å². The number of aliphatic carboxylic acids is 1. The second-order valence-electron chi connectivity index (χ2n) is 5.63. The van der Waals surface area contributed by atoms with Crippen molar-refractivity contribution in [2.45, 2.75) is 32.4 Å². The van der Waals surface area contributed by atoms with E-state index >= 15 is 0 Å². The molecular formula is C15H21N3O5. The number of carbonyl (C=O) groups is 3. The van der Waals surface area contributed by atoms with Gasteiger partial charge in [0.15, 0.2) is 0 Å². The smallest absolute Gasteiger partial charge is 0.315 e. The number of nitrogens with one attached hydrogen (secondary N) is 2. The number of hydrogen-bond acceptors (Lipinski definition) is 4. The Morgan fingerprint density at radius 2 is 2.13 bits per heavy atom. The number of nitrogens with zero attached hydrogens (tertiary/aromatic N) is 1. The molecule has 0 radical (unpaired) electrons. The molecule has 3 amide bonds. The van der Waals surface area contributed by atoms with Crippen molar-refractivity contribution in [1.29, 1.82) is 0 Å². The van der Waals surface area contributed by atoms with Crippen LogP contribution in [0.5, 0.6) is 0 Å². The Morgan fingerprint density at radius 3 is 2.70 bits per heavy atom. The molecule has 0 spiro atoms. The minimum absolute atomic E-state index is 0.0947. The van der Waals surface area contributed by atoms with Crippen molar-refractivity contribution < 1.29 is 23.9 Å². The molecular weight excluding hydrogens is 302 g/mol. The quantitative estimate of drug-likeness (QED) is 0.655. The van der Waals surface area contributed by atoms with Gasteiger partial charge in [-0.2, -0.15) is 0 Å². The third-order valence-corrected chi connectivity index (χ3v) is 3.60. The maximum Gasteiger partial charge on any atom is 0.315 e. The van der Waals surface area contributed by atoms with Crippen molar-refractivity contribution in [3.63, 3.8) is 0 Å². The lowest BCUT2D eigenvalue weighted by molar-refractivity contribution is -0.143. The topological polar surface area (TPSA) is 112 Å². The SMILES string of the molecule is CC(CN(C(=O)CNC(=O)NCc1ccco1)C1CC1)C(=O)O. The minimum Gasteiger partial charge on any atom is -0.481 e. The van der Waals surface area contributed by atoms with Crippen molar-refractivity contribution in [1.82, 2.24) is 15.5 Å². The Hall–Kier alpha value is -2.51. The van der Waals surface area contributed by atoms with E-state index in [4.69, 9.17) is 9.52 Å². The van der Waals surface area contributed by atoms with Gasteiger partial charge in [0.25, 0.3) is 0 Å². The maximum absolute atomic E-state index is 12.2. The van der Waals surface area contributed by atoms with Crippen LogP contribution in [0.2, 0.25) is 0 Å². The average Bonchev–Trinajstić information content (AvgIpc) is 3.22. The highest BCUT2D eigenvalue weighted by Crippen LogP contribution is 2.27. The lowest BCUT2D eigenvalue weighted by Crippen LogP contribution is -2.46. The van der Waals surface area contributed by atoms with Crippen LogP contribution in [-0.4, -0.2) is 47.0 Å². The summed E-state index contributed by atoms with van der Waals surface area (Å²) in [7, 11) is 0. The molecule has 8 nitrogen and oxygen atoms in total. The van der Waals surface area contributed by atoms with Crippen molar-refractivity contribution in [3.05, 3.63) is 24.2 Å². The summed E-state index contributed by atoms with van der Waals surface area (Å²) in [6.45, 7) is 1.80. The number of carbonyl (C=O) groups excluding carboxylic acids is 2. The standard InChI is InChI=1S/C15H21N3O5/c1-10(14(20)21)9-18(11-4-5-11)13(19)8-17-15(22)16-7-12-3-2-6-23-12/h2-3,6,10-11H,4-5,7-9H2,1H3,(H,20,21)(H2,16,17,22). The first-order valence-electron chi connectivity index (χ1n) is 7.53. The van der Waals surface area contributed by atoms with Crippen LogP contribution in [-0.2, 0) is 16.1 Å². The third kappa shape index (κ3) is 5.32. The molecule has 1 aliphatic carbocycles.